The van der Waals surface area contributed by atoms with Crippen molar-refractivity contribution in [3.8, 4) is 0 Å². The molecule has 0 unspecified atom stereocenters. The minimum Gasteiger partial charge on any atom is -0.396 e. The molecule has 0 aromatic carbocycles. The minimum atomic E-state index is -4.13. The Labute approximate surface area is 92.4 Å². The maximum Gasteiger partial charge on any atom is 0.441 e. The van der Waals surface area contributed by atoms with Gasteiger partial charge in [-0.3, -0.25) is 0 Å². The summed E-state index contributed by atoms with van der Waals surface area (Å²) in [6, 6.07) is 0. The van der Waals surface area contributed by atoms with Crippen molar-refractivity contribution in [2.45, 2.75) is 44.0 Å². The third kappa shape index (κ3) is 4.64. The van der Waals surface area contributed by atoms with Gasteiger partial charge in [-0.05, 0) is 24.7 Å². The van der Waals surface area contributed by atoms with E-state index in [-0.39, 0.29) is 29.5 Å². The second kappa shape index (κ2) is 5.43. The standard InChI is InChI=1S/C10H17F3OS/c11-10(12,13)15-7-6-9(8-14)4-2-1-3-5-9/h14H,1-8H2. The fourth-order valence-corrected chi connectivity index (χ4v) is 2.94. The third-order valence-electron chi connectivity index (χ3n) is 3.15. The fraction of sp³-hybridized carbons (Fsp3) is 1.00. The van der Waals surface area contributed by atoms with Crippen LogP contribution in [0.1, 0.15) is 38.5 Å². The molecule has 0 spiro atoms. The monoisotopic (exact) mass is 242 g/mol. The minimum absolute atomic E-state index is 0.0300. The van der Waals surface area contributed by atoms with E-state index < -0.39 is 5.51 Å². The van der Waals surface area contributed by atoms with Gasteiger partial charge in [0, 0.05) is 12.4 Å². The molecule has 0 saturated heterocycles. The zero-order valence-electron chi connectivity index (χ0n) is 8.65. The normalized spacial score (nSPS) is 21.6. The van der Waals surface area contributed by atoms with E-state index in [0.29, 0.717) is 6.42 Å². The smallest absolute Gasteiger partial charge is 0.396 e. The largest absolute Gasteiger partial charge is 0.441 e. The van der Waals surface area contributed by atoms with Crippen molar-refractivity contribution >= 4 is 11.8 Å². The highest BCUT2D eigenvalue weighted by atomic mass is 32.2. The van der Waals surface area contributed by atoms with E-state index in [2.05, 4.69) is 0 Å². The van der Waals surface area contributed by atoms with E-state index in [1.54, 1.807) is 0 Å². The van der Waals surface area contributed by atoms with Crippen molar-refractivity contribution in [2.75, 3.05) is 12.4 Å². The van der Waals surface area contributed by atoms with Crippen molar-refractivity contribution < 1.29 is 18.3 Å². The molecule has 1 aliphatic carbocycles. The highest BCUT2D eigenvalue weighted by molar-refractivity contribution is 8.00. The zero-order chi connectivity index (χ0) is 11.4. The van der Waals surface area contributed by atoms with Crippen LogP contribution in [0, 0.1) is 5.41 Å². The van der Waals surface area contributed by atoms with Gasteiger partial charge in [0.25, 0.3) is 0 Å². The molecule has 1 nitrogen and oxygen atoms in total. The van der Waals surface area contributed by atoms with Gasteiger partial charge in [-0.25, -0.2) is 0 Å². The molecule has 1 N–H and O–H groups in total. The van der Waals surface area contributed by atoms with Gasteiger partial charge in [0.2, 0.25) is 0 Å². The van der Waals surface area contributed by atoms with Crippen molar-refractivity contribution in [1.29, 1.82) is 0 Å². The predicted molar refractivity (Wildman–Crippen MR) is 55.7 cm³/mol. The third-order valence-corrected chi connectivity index (χ3v) is 3.88. The molecule has 90 valence electrons. The molecule has 0 aliphatic heterocycles. The molecule has 1 fully saturated rings. The highest BCUT2D eigenvalue weighted by Gasteiger charge is 2.34. The van der Waals surface area contributed by atoms with Crippen LogP contribution in [0.5, 0.6) is 0 Å². The summed E-state index contributed by atoms with van der Waals surface area (Å²) in [5, 5.41) is 9.28. The SMILES string of the molecule is OCC1(CCSC(F)(F)F)CCCCC1. The average molecular weight is 242 g/mol. The van der Waals surface area contributed by atoms with Crippen LogP contribution < -0.4 is 0 Å². The first kappa shape index (κ1) is 13.2. The Hall–Kier alpha value is 0.100. The van der Waals surface area contributed by atoms with Gasteiger partial charge in [-0.1, -0.05) is 31.0 Å². The summed E-state index contributed by atoms with van der Waals surface area (Å²) in [6.07, 6.45) is 5.46. The number of alkyl halides is 3. The summed E-state index contributed by atoms with van der Waals surface area (Å²) in [6.45, 7) is 0.0332. The number of aliphatic hydroxyl groups is 1. The van der Waals surface area contributed by atoms with E-state index in [4.69, 9.17) is 0 Å². The Bertz CT molecular complexity index is 188. The molecule has 0 aromatic rings. The average Bonchev–Trinajstić information content (AvgIpc) is 2.17. The molecular formula is C10H17F3OS. The van der Waals surface area contributed by atoms with Gasteiger partial charge < -0.3 is 5.11 Å². The van der Waals surface area contributed by atoms with Crippen LogP contribution in [0.4, 0.5) is 13.2 Å². The molecule has 0 radical (unpaired) electrons. The number of halogens is 3. The first-order valence-corrected chi connectivity index (χ1v) is 6.28. The molecule has 0 amide bonds. The van der Waals surface area contributed by atoms with Crippen LogP contribution in [0.3, 0.4) is 0 Å². The lowest BCUT2D eigenvalue weighted by Gasteiger charge is -2.35. The van der Waals surface area contributed by atoms with E-state index in [1.807, 2.05) is 0 Å². The number of aliphatic hydroxyl groups excluding tert-OH is 1. The van der Waals surface area contributed by atoms with Crippen molar-refractivity contribution in [3.05, 3.63) is 0 Å². The van der Waals surface area contributed by atoms with E-state index in [9.17, 15) is 18.3 Å². The van der Waals surface area contributed by atoms with E-state index in [0.717, 1.165) is 32.1 Å². The summed E-state index contributed by atoms with van der Waals surface area (Å²) in [7, 11) is 0. The van der Waals surface area contributed by atoms with Gasteiger partial charge >= 0.3 is 5.51 Å². The van der Waals surface area contributed by atoms with E-state index in [1.165, 1.54) is 0 Å². The van der Waals surface area contributed by atoms with Gasteiger partial charge in [0.15, 0.2) is 0 Å². The molecule has 15 heavy (non-hydrogen) atoms. The zero-order valence-corrected chi connectivity index (χ0v) is 9.46. The van der Waals surface area contributed by atoms with Crippen LogP contribution in [0.25, 0.3) is 0 Å². The Kier molecular flexibility index (Phi) is 4.77. The molecule has 0 heterocycles. The van der Waals surface area contributed by atoms with Gasteiger partial charge in [-0.15, -0.1) is 0 Å². The quantitative estimate of drug-likeness (QED) is 0.813. The van der Waals surface area contributed by atoms with E-state index >= 15 is 0 Å². The van der Waals surface area contributed by atoms with Crippen molar-refractivity contribution in [3.63, 3.8) is 0 Å². The Morgan fingerprint density at radius 3 is 2.20 bits per heavy atom. The summed E-state index contributed by atoms with van der Waals surface area (Å²) in [5.41, 5.74) is -4.36. The highest BCUT2D eigenvalue weighted by Crippen LogP contribution is 2.41. The summed E-state index contributed by atoms with van der Waals surface area (Å²) < 4.78 is 35.8. The lowest BCUT2D eigenvalue weighted by Crippen LogP contribution is -2.29. The molecule has 0 bridgehead atoms. The van der Waals surface area contributed by atoms with Crippen LogP contribution in [-0.2, 0) is 0 Å². The Balaban J connectivity index is 2.33. The summed E-state index contributed by atoms with van der Waals surface area (Å²) >= 11 is 0.0300. The lowest BCUT2D eigenvalue weighted by molar-refractivity contribution is -0.0331. The molecule has 1 aliphatic rings. The summed E-state index contributed by atoms with van der Waals surface area (Å²) in [4.78, 5) is 0. The first-order chi connectivity index (χ1) is 6.97. The number of hydrogen-bond acceptors (Lipinski definition) is 2. The Morgan fingerprint density at radius 2 is 1.73 bits per heavy atom. The van der Waals surface area contributed by atoms with Crippen LogP contribution >= 0.6 is 11.8 Å². The molecule has 0 aromatic heterocycles. The topological polar surface area (TPSA) is 20.2 Å². The van der Waals surface area contributed by atoms with Crippen molar-refractivity contribution in [2.24, 2.45) is 5.41 Å². The lowest BCUT2D eigenvalue weighted by atomic mass is 9.73. The molecular weight excluding hydrogens is 225 g/mol. The van der Waals surface area contributed by atoms with Gasteiger partial charge in [0.05, 0.1) is 0 Å². The number of hydrogen-bond donors (Lipinski definition) is 1. The number of rotatable bonds is 4. The molecule has 1 rings (SSSR count). The second-order valence-electron chi connectivity index (χ2n) is 4.26. The first-order valence-electron chi connectivity index (χ1n) is 5.29. The van der Waals surface area contributed by atoms with Crippen LogP contribution in [-0.4, -0.2) is 23.0 Å². The Morgan fingerprint density at radius 1 is 1.13 bits per heavy atom. The summed E-state index contributed by atoms with van der Waals surface area (Å²) in [5.74, 6) is 0.0735. The van der Waals surface area contributed by atoms with Crippen LogP contribution in [0.15, 0.2) is 0 Å². The molecule has 1 saturated carbocycles. The fourth-order valence-electron chi connectivity index (χ4n) is 2.17. The van der Waals surface area contributed by atoms with Gasteiger partial charge in [-0.2, -0.15) is 13.2 Å². The van der Waals surface area contributed by atoms with Gasteiger partial charge in [0.1, 0.15) is 0 Å². The van der Waals surface area contributed by atoms with Crippen LogP contribution in [0.2, 0.25) is 0 Å². The molecule has 0 atom stereocenters. The molecule has 5 heteroatoms. The maximum absolute atomic E-state index is 11.9. The van der Waals surface area contributed by atoms with Crippen molar-refractivity contribution in [1.82, 2.24) is 0 Å². The predicted octanol–water partition coefficient (Wildman–Crippen LogP) is 3.57. The maximum atomic E-state index is 11.9. The second-order valence-corrected chi connectivity index (χ2v) is 5.42. The number of thioether (sulfide) groups is 1.